The Morgan fingerprint density at radius 1 is 0.444 bits per heavy atom. The average Bonchev–Trinajstić information content (AvgIpc) is 0.805. The lowest BCUT2D eigenvalue weighted by molar-refractivity contribution is -0.156. The predicted molar refractivity (Wildman–Crippen MR) is 545 cm³/mol. The number of rotatable bonds is 27. The van der Waals surface area contributed by atoms with E-state index in [1.165, 1.54) is 6.92 Å². The highest BCUT2D eigenvalue weighted by molar-refractivity contribution is 9.11. The Morgan fingerprint density at radius 2 is 0.758 bits per heavy atom. The molecule has 0 bridgehead atoms. The SMILES string of the molecule is CC(=N[S@](=O)C(C)(C)C)c1cncc(Br)c1.CC(=O)c1cncc(Br)c1.CC(C)(C)OC(=O)C[C@](C)(N[S@](=O)C(C)(C)C)c1cncc(Br)c1.CC(C)(C)[S@@](=O)N[C@@](C)(CCO)c1cncc(Br)c1.CC(C)(C)[Si](C)(C)OCC[C@](C)(N)c1cncc(Br)c1.CC(C)(C)[Si](C)(C)OCC[C@](C)(N=C=S)c1cncc(Br)c1.C[C@](N)(CCO)c1cncc(Br)c1. The second kappa shape index (κ2) is 52.1. The van der Waals surface area contributed by atoms with Crippen LogP contribution in [0.5, 0.6) is 0 Å². The maximum absolute atomic E-state index is 12.6. The van der Waals surface area contributed by atoms with Crippen LogP contribution < -0.4 is 20.9 Å². The Kier molecular flexibility index (Phi) is 49.9. The number of nitrogens with one attached hydrogen (secondary N) is 2. The number of aliphatic imine (C=N–C) groups is 1. The van der Waals surface area contributed by atoms with Crippen molar-refractivity contribution >= 4 is 196 Å². The van der Waals surface area contributed by atoms with Crippen molar-refractivity contribution in [3.63, 3.8) is 0 Å². The van der Waals surface area contributed by atoms with E-state index in [4.69, 9.17) is 42.4 Å². The fourth-order valence-electron chi connectivity index (χ4n) is 9.51. The lowest BCUT2D eigenvalue weighted by Crippen LogP contribution is -2.48. The quantitative estimate of drug-likeness (QED) is 0.00915. The summed E-state index contributed by atoms with van der Waals surface area (Å²) in [5, 5.41) is 21.1. The summed E-state index contributed by atoms with van der Waals surface area (Å²) in [6.07, 6.45) is 26.6. The molecule has 7 rings (SSSR count). The van der Waals surface area contributed by atoms with E-state index < -0.39 is 87.6 Å². The number of halogens is 7. The molecule has 0 radical (unpaired) electrons. The van der Waals surface area contributed by atoms with Gasteiger partial charge >= 0.3 is 5.97 Å². The number of aliphatic hydroxyl groups is 2. The van der Waals surface area contributed by atoms with Gasteiger partial charge < -0.3 is 35.3 Å². The van der Waals surface area contributed by atoms with Gasteiger partial charge in [0, 0.05) is 167 Å². The van der Waals surface area contributed by atoms with Crippen LogP contribution >= 0.6 is 124 Å². The van der Waals surface area contributed by atoms with E-state index in [2.05, 4.69) is 238 Å². The molecule has 0 saturated carbocycles. The number of ketones is 1. The third-order valence-corrected chi connectivity index (χ3v) is 36.9. The third-order valence-electron chi connectivity index (χ3n) is 19.7. The molecule has 0 spiro atoms. The highest BCUT2D eigenvalue weighted by Crippen LogP contribution is 2.40. The number of aliphatic hydroxyl groups excluding tert-OH is 2. The van der Waals surface area contributed by atoms with Gasteiger partial charge in [0.1, 0.15) is 16.6 Å². The number of hydrogen-bond acceptors (Lipinski definition) is 21. The zero-order valence-electron chi connectivity index (χ0n) is 77.6. The van der Waals surface area contributed by atoms with Crippen molar-refractivity contribution in [1.29, 1.82) is 0 Å². The minimum atomic E-state index is -1.75. The van der Waals surface area contributed by atoms with Crippen LogP contribution in [0.2, 0.25) is 36.3 Å². The number of Topliss-reactive ketones (excluding diaryl/α,β-unsaturated/α-hetero) is 1. The van der Waals surface area contributed by atoms with Crippen molar-refractivity contribution in [2.24, 2.45) is 20.9 Å². The van der Waals surface area contributed by atoms with Crippen molar-refractivity contribution < 1.29 is 46.0 Å². The molecule has 0 saturated heterocycles. The zero-order valence-corrected chi connectivity index (χ0v) is 94.0. The first-order valence-corrected chi connectivity index (χ1v) is 55.2. The van der Waals surface area contributed by atoms with Gasteiger partial charge in [0.15, 0.2) is 22.4 Å². The fourth-order valence-corrected chi connectivity index (χ4v) is 16.8. The third kappa shape index (κ3) is 44.2. The van der Waals surface area contributed by atoms with Crippen LogP contribution in [0.1, 0.15) is 249 Å². The standard InChI is InChI=1S/C17H27BrN2O3S.C16H25BrN2OSSi.C15H27BrN2OSi.C13H21BrN2O2S.C11H15BrN2OS.C9H13BrN2O.C7H6BrNO/c1-15(2,3)23-14(21)9-17(7,20-24(22)16(4,5)6)12-8-13(18)11-19-10-12;1-15(2,3)22(5,6)20-8-7-16(4,19-12-21)13-9-14(17)11-18-10-13;1-14(2,3)20(5,6)19-8-7-15(4,17)12-9-13(16)11-18-10-12;1-12(2,3)19(18)16-13(4,5-6-17)10-7-11(14)9-15-8-10;1-8(14-16(15)11(2,3)4)9-5-10(12)7-13-6-9;1-9(11,2-3-13)7-4-8(10)6-12-5-7;1-5(10)6-2-7(8)4-9-3-6/h8,10-11,20H,9H2,1-7H3;9-11H,7-8H2,1-6H3;9-11H,7-8,17H2,1-6H3;7-9,16-17H,5-6H2,1-4H3;5-7H,1-4H3;4-6,13H,2-3,11H2,1H3;2-4H,1H3/t17-,24+;16-;15-;13-,19+;16-;9-;/m000010./s1. The molecule has 0 aliphatic heterocycles. The first-order chi connectivity index (χ1) is 56.4. The molecule has 0 fully saturated rings. The molecule has 692 valence electrons. The molecular weight excluding hydrogens is 2140 g/mol. The second-order valence-corrected chi connectivity index (χ2v) is 59.8. The molecule has 0 aliphatic rings. The van der Waals surface area contributed by atoms with E-state index in [0.717, 1.165) is 83.2 Å². The number of esters is 1. The van der Waals surface area contributed by atoms with Gasteiger partial charge in [0.2, 0.25) is 0 Å². The van der Waals surface area contributed by atoms with Gasteiger partial charge in [-0.25, -0.2) is 27.1 Å². The number of aromatic nitrogens is 7. The Balaban J connectivity index is 0.000000733. The molecule has 0 aromatic carbocycles. The number of carbonyl (C=O) groups excluding carboxylic acids is 2. The highest BCUT2D eigenvalue weighted by Gasteiger charge is 2.41. The Morgan fingerprint density at radius 3 is 1.09 bits per heavy atom. The number of pyridine rings is 7. The monoisotopic (exact) mass is 2270 g/mol. The number of ether oxygens (including phenoxy) is 1. The summed E-state index contributed by atoms with van der Waals surface area (Å²) in [5.74, 6) is -0.322. The molecule has 8 atom stereocenters. The number of isothiocyanates is 1. The van der Waals surface area contributed by atoms with E-state index in [0.29, 0.717) is 31.6 Å². The number of carbonyl (C=O) groups is 2. The van der Waals surface area contributed by atoms with Crippen LogP contribution in [-0.4, -0.2) is 143 Å². The molecule has 0 amide bonds. The van der Waals surface area contributed by atoms with Crippen LogP contribution in [0.3, 0.4) is 0 Å². The lowest BCUT2D eigenvalue weighted by Gasteiger charge is -2.37. The highest BCUT2D eigenvalue weighted by atomic mass is 79.9. The number of nitrogens with two attached hydrogens (primary N) is 2. The molecule has 36 heteroatoms. The van der Waals surface area contributed by atoms with Gasteiger partial charge in [-0.3, -0.25) is 44.5 Å². The van der Waals surface area contributed by atoms with Crippen LogP contribution in [-0.2, 0) is 79.0 Å². The number of thiocarbonyl (C=S) groups is 1. The molecule has 7 aromatic heterocycles. The molecule has 7 heterocycles. The number of nitrogens with zero attached hydrogens (tertiary/aromatic N) is 9. The number of hydrogen-bond donors (Lipinski definition) is 6. The maximum atomic E-state index is 12.6. The summed E-state index contributed by atoms with van der Waals surface area (Å²) in [4.78, 5) is 56.1. The smallest absolute Gasteiger partial charge is 0.308 e. The summed E-state index contributed by atoms with van der Waals surface area (Å²) in [6.45, 7) is 59.6. The Labute approximate surface area is 813 Å². The van der Waals surface area contributed by atoms with Gasteiger partial charge in [-0.15, -0.1) is 0 Å². The summed E-state index contributed by atoms with van der Waals surface area (Å²) < 4.78 is 70.1. The summed E-state index contributed by atoms with van der Waals surface area (Å²) in [6, 6.07) is 13.4. The first-order valence-electron chi connectivity index (χ1n) is 40.0. The summed E-state index contributed by atoms with van der Waals surface area (Å²) in [7, 11) is -7.25. The van der Waals surface area contributed by atoms with Gasteiger partial charge in [-0.05, 0) is 388 Å². The molecule has 0 aliphatic carbocycles. The van der Waals surface area contributed by atoms with Crippen molar-refractivity contribution in [3.05, 3.63) is 199 Å². The topological polar surface area (TPSA) is 345 Å². The molecule has 23 nitrogen and oxygen atoms in total. The molecule has 0 unspecified atom stereocenters. The van der Waals surface area contributed by atoms with E-state index in [9.17, 15) is 27.3 Å². The Hall–Kier alpha value is -3.42. The fraction of sp³-hybridized carbons (Fsp3) is 0.557. The summed E-state index contributed by atoms with van der Waals surface area (Å²) >= 11 is 28.4. The van der Waals surface area contributed by atoms with Crippen molar-refractivity contribution in [2.45, 2.75) is 289 Å². The van der Waals surface area contributed by atoms with Gasteiger partial charge in [-0.2, -0.15) is 4.40 Å². The summed E-state index contributed by atoms with van der Waals surface area (Å²) in [5.41, 5.74) is 15.9. The van der Waals surface area contributed by atoms with E-state index >= 15 is 0 Å². The largest absolute Gasteiger partial charge is 0.460 e. The first kappa shape index (κ1) is 119. The predicted octanol–water partition coefficient (Wildman–Crippen LogP) is 22.9. The van der Waals surface area contributed by atoms with Crippen LogP contribution in [0.15, 0.2) is 170 Å². The molecular formula is C88H134Br7N13O10S4Si2. The normalized spacial score (nSPS) is 15.3. The van der Waals surface area contributed by atoms with E-state index in [-0.39, 0.29) is 51.0 Å². The van der Waals surface area contributed by atoms with Crippen LogP contribution in [0, 0.1) is 0 Å². The van der Waals surface area contributed by atoms with Gasteiger partial charge in [0.05, 0.1) is 70.1 Å². The second-order valence-electron chi connectivity index (χ2n) is 37.7. The van der Waals surface area contributed by atoms with Crippen molar-refractivity contribution in [3.8, 4) is 0 Å². The van der Waals surface area contributed by atoms with Crippen LogP contribution in [0.4, 0.5) is 0 Å². The Bertz CT molecular complexity index is 4710. The lowest BCUT2D eigenvalue weighted by atomic mass is 9.91. The maximum Gasteiger partial charge on any atom is 0.308 e. The van der Waals surface area contributed by atoms with Crippen molar-refractivity contribution in [1.82, 2.24) is 44.3 Å². The van der Waals surface area contributed by atoms with Crippen LogP contribution in [0.25, 0.3) is 0 Å². The minimum Gasteiger partial charge on any atom is -0.460 e. The van der Waals surface area contributed by atoms with Crippen molar-refractivity contribution in [2.75, 3.05) is 26.4 Å². The van der Waals surface area contributed by atoms with Gasteiger partial charge in [0.25, 0.3) is 0 Å². The molecule has 7 aromatic rings. The van der Waals surface area contributed by atoms with E-state index in [1.54, 1.807) is 80.4 Å². The van der Waals surface area contributed by atoms with E-state index in [1.807, 2.05) is 173 Å². The zero-order chi connectivity index (χ0) is 95.9. The molecule has 8 N–H and O–H groups in total. The molecule has 124 heavy (non-hydrogen) atoms. The average molecular weight is 2280 g/mol. The minimum absolute atomic E-state index is 0.0113. The van der Waals surface area contributed by atoms with Gasteiger partial charge in [-0.1, -0.05) is 41.5 Å².